The molecule has 0 aliphatic rings. The van der Waals surface area contributed by atoms with E-state index in [1.165, 1.54) is 17.8 Å². The lowest BCUT2D eigenvalue weighted by atomic mass is 10.1. The monoisotopic (exact) mass is 291 g/mol. The van der Waals surface area contributed by atoms with E-state index in [1.54, 1.807) is 12.1 Å². The highest BCUT2D eigenvalue weighted by Gasteiger charge is 2.22. The maximum absolute atomic E-state index is 14.0. The van der Waals surface area contributed by atoms with Gasteiger partial charge in [-0.05, 0) is 32.9 Å². The molecular formula is C15H18FN3S. The fourth-order valence-corrected chi connectivity index (χ4v) is 3.17. The lowest BCUT2D eigenvalue weighted by Crippen LogP contribution is -2.23. The van der Waals surface area contributed by atoms with Crippen molar-refractivity contribution < 1.29 is 4.39 Å². The van der Waals surface area contributed by atoms with Crippen LogP contribution in [0.4, 0.5) is 4.39 Å². The molecule has 0 aliphatic heterocycles. The van der Waals surface area contributed by atoms with Gasteiger partial charge in [0.05, 0.1) is 5.25 Å². The number of hydrogen-bond acceptors (Lipinski definition) is 4. The normalized spacial score (nSPS) is 14.1. The van der Waals surface area contributed by atoms with Gasteiger partial charge in [0, 0.05) is 23.0 Å². The molecule has 0 saturated heterocycles. The molecule has 1 heterocycles. The van der Waals surface area contributed by atoms with E-state index in [2.05, 4.69) is 9.97 Å². The van der Waals surface area contributed by atoms with Gasteiger partial charge in [-0.2, -0.15) is 0 Å². The van der Waals surface area contributed by atoms with Crippen molar-refractivity contribution >= 4 is 11.8 Å². The molecule has 0 spiro atoms. The molecule has 106 valence electrons. The zero-order chi connectivity index (χ0) is 14.7. The minimum Gasteiger partial charge on any atom is -0.327 e. The van der Waals surface area contributed by atoms with Crippen LogP contribution in [-0.2, 0) is 0 Å². The van der Waals surface area contributed by atoms with Gasteiger partial charge in [0.15, 0.2) is 5.16 Å². The van der Waals surface area contributed by atoms with Crippen LogP contribution in [0.15, 0.2) is 35.5 Å². The third-order valence-corrected chi connectivity index (χ3v) is 4.21. The van der Waals surface area contributed by atoms with Gasteiger partial charge < -0.3 is 5.73 Å². The molecule has 0 saturated carbocycles. The molecule has 1 aromatic carbocycles. The Labute approximate surface area is 122 Å². The Bertz CT molecular complexity index is 581. The number of aromatic nitrogens is 2. The van der Waals surface area contributed by atoms with E-state index in [-0.39, 0.29) is 17.1 Å². The molecular weight excluding hydrogens is 273 g/mol. The number of benzene rings is 1. The van der Waals surface area contributed by atoms with Crippen molar-refractivity contribution in [3.63, 3.8) is 0 Å². The van der Waals surface area contributed by atoms with Crippen molar-refractivity contribution in [1.82, 2.24) is 9.97 Å². The van der Waals surface area contributed by atoms with Crippen molar-refractivity contribution in [1.29, 1.82) is 0 Å². The van der Waals surface area contributed by atoms with Gasteiger partial charge in [0.2, 0.25) is 0 Å². The van der Waals surface area contributed by atoms with Crippen molar-refractivity contribution in [3.05, 3.63) is 53.1 Å². The lowest BCUT2D eigenvalue weighted by Gasteiger charge is -2.20. The van der Waals surface area contributed by atoms with Crippen LogP contribution in [0.25, 0.3) is 0 Å². The number of nitrogens with two attached hydrogens (primary N) is 1. The molecule has 0 amide bonds. The van der Waals surface area contributed by atoms with Crippen LogP contribution < -0.4 is 5.73 Å². The molecule has 2 rings (SSSR count). The third kappa shape index (κ3) is 3.55. The minimum absolute atomic E-state index is 0.207. The molecule has 0 bridgehead atoms. The van der Waals surface area contributed by atoms with Crippen molar-refractivity contribution in [3.8, 4) is 0 Å². The molecule has 3 nitrogen and oxygen atoms in total. The maximum Gasteiger partial charge on any atom is 0.188 e. The average Bonchev–Trinajstić information content (AvgIpc) is 2.35. The van der Waals surface area contributed by atoms with E-state index in [1.807, 2.05) is 32.9 Å². The first-order valence-corrected chi connectivity index (χ1v) is 7.34. The highest BCUT2D eigenvalue weighted by Crippen LogP contribution is 2.36. The summed E-state index contributed by atoms with van der Waals surface area (Å²) in [5.41, 5.74) is 8.41. The van der Waals surface area contributed by atoms with E-state index < -0.39 is 0 Å². The molecule has 2 aromatic rings. The maximum atomic E-state index is 14.0. The quantitative estimate of drug-likeness (QED) is 0.693. The highest BCUT2D eigenvalue weighted by molar-refractivity contribution is 7.99. The largest absolute Gasteiger partial charge is 0.327 e. The predicted molar refractivity (Wildman–Crippen MR) is 80.2 cm³/mol. The summed E-state index contributed by atoms with van der Waals surface area (Å²) in [5, 5.41) is 0.422. The Morgan fingerprint density at radius 2 is 1.75 bits per heavy atom. The van der Waals surface area contributed by atoms with E-state index in [0.717, 1.165) is 11.4 Å². The summed E-state index contributed by atoms with van der Waals surface area (Å²) < 4.78 is 14.0. The summed E-state index contributed by atoms with van der Waals surface area (Å²) in [4.78, 5) is 8.77. The lowest BCUT2D eigenvalue weighted by molar-refractivity contribution is 0.591. The summed E-state index contributed by atoms with van der Waals surface area (Å²) in [7, 11) is 0. The summed E-state index contributed by atoms with van der Waals surface area (Å²) in [6.45, 7) is 5.71. The first-order chi connectivity index (χ1) is 9.47. The topological polar surface area (TPSA) is 51.8 Å². The Hall–Kier alpha value is -1.46. The van der Waals surface area contributed by atoms with Gasteiger partial charge in [-0.15, -0.1) is 0 Å². The molecule has 0 fully saturated rings. The van der Waals surface area contributed by atoms with Crippen LogP contribution in [0.3, 0.4) is 0 Å². The fraction of sp³-hybridized carbons (Fsp3) is 0.333. The molecule has 2 N–H and O–H groups in total. The van der Waals surface area contributed by atoms with Crippen molar-refractivity contribution in [2.24, 2.45) is 5.73 Å². The standard InChI is InChI=1S/C15H18FN3S/c1-9-8-10(2)19-15(18-9)20-14(11(3)17)12-6-4-5-7-13(12)16/h4-8,11,14H,17H2,1-3H3. The van der Waals surface area contributed by atoms with Crippen LogP contribution >= 0.6 is 11.8 Å². The van der Waals surface area contributed by atoms with E-state index in [0.29, 0.717) is 10.7 Å². The summed E-state index contributed by atoms with van der Waals surface area (Å²) in [5.74, 6) is -0.244. The second-order valence-electron chi connectivity index (χ2n) is 4.85. The zero-order valence-corrected chi connectivity index (χ0v) is 12.6. The van der Waals surface area contributed by atoms with E-state index >= 15 is 0 Å². The zero-order valence-electron chi connectivity index (χ0n) is 11.8. The number of nitrogens with zero attached hydrogens (tertiary/aromatic N) is 2. The number of thioether (sulfide) groups is 1. The number of rotatable bonds is 4. The summed E-state index contributed by atoms with van der Waals surface area (Å²) in [6, 6.07) is 8.41. The first kappa shape index (κ1) is 14.9. The van der Waals surface area contributed by atoms with Crippen LogP contribution in [-0.4, -0.2) is 16.0 Å². The van der Waals surface area contributed by atoms with Gasteiger partial charge in [0.1, 0.15) is 5.82 Å². The van der Waals surface area contributed by atoms with Gasteiger partial charge in [-0.25, -0.2) is 14.4 Å². The van der Waals surface area contributed by atoms with Crippen molar-refractivity contribution in [2.75, 3.05) is 0 Å². The highest BCUT2D eigenvalue weighted by atomic mass is 32.2. The molecule has 5 heteroatoms. The van der Waals surface area contributed by atoms with Crippen molar-refractivity contribution in [2.45, 2.75) is 37.2 Å². The Morgan fingerprint density at radius 1 is 1.15 bits per heavy atom. The smallest absolute Gasteiger partial charge is 0.188 e. The Balaban J connectivity index is 2.33. The number of halogens is 1. The number of hydrogen-bond donors (Lipinski definition) is 1. The predicted octanol–water partition coefficient (Wildman–Crippen LogP) is 3.41. The Morgan fingerprint density at radius 3 is 2.30 bits per heavy atom. The van der Waals surface area contributed by atoms with Crippen LogP contribution in [0.1, 0.15) is 29.1 Å². The van der Waals surface area contributed by atoms with Crippen LogP contribution in [0.2, 0.25) is 0 Å². The first-order valence-electron chi connectivity index (χ1n) is 6.46. The fourth-order valence-electron chi connectivity index (χ4n) is 2.02. The van der Waals surface area contributed by atoms with Gasteiger partial charge in [-0.3, -0.25) is 0 Å². The molecule has 0 aliphatic carbocycles. The second kappa shape index (κ2) is 6.33. The molecule has 1 aromatic heterocycles. The Kier molecular flexibility index (Phi) is 4.73. The van der Waals surface area contributed by atoms with E-state index in [9.17, 15) is 4.39 Å². The average molecular weight is 291 g/mol. The molecule has 0 radical (unpaired) electrons. The molecule has 2 atom stereocenters. The SMILES string of the molecule is Cc1cc(C)nc(SC(c2ccccc2F)C(C)N)n1. The van der Waals surface area contributed by atoms with Crippen LogP contribution in [0, 0.1) is 19.7 Å². The molecule has 2 unspecified atom stereocenters. The number of aryl methyl sites for hydroxylation is 2. The molecule has 20 heavy (non-hydrogen) atoms. The minimum atomic E-state index is -0.244. The summed E-state index contributed by atoms with van der Waals surface area (Å²) in [6.07, 6.45) is 0. The summed E-state index contributed by atoms with van der Waals surface area (Å²) >= 11 is 1.41. The van der Waals surface area contributed by atoms with Crippen LogP contribution in [0.5, 0.6) is 0 Å². The van der Waals surface area contributed by atoms with Gasteiger partial charge in [-0.1, -0.05) is 30.0 Å². The van der Waals surface area contributed by atoms with Gasteiger partial charge >= 0.3 is 0 Å². The second-order valence-corrected chi connectivity index (χ2v) is 5.96. The van der Waals surface area contributed by atoms with Gasteiger partial charge in [0.25, 0.3) is 0 Å². The third-order valence-electron chi connectivity index (χ3n) is 2.88. The van der Waals surface area contributed by atoms with E-state index in [4.69, 9.17) is 5.73 Å².